The fraction of sp³-hybridized carbons (Fsp3) is 0.722. The summed E-state index contributed by atoms with van der Waals surface area (Å²) in [5.41, 5.74) is 0.910. The molecule has 0 atom stereocenters. The van der Waals surface area contributed by atoms with Gasteiger partial charge < -0.3 is 15.0 Å². The van der Waals surface area contributed by atoms with Crippen molar-refractivity contribution < 1.29 is 9.53 Å². The molecule has 1 aliphatic heterocycles. The fourth-order valence-corrected chi connectivity index (χ4v) is 3.11. The maximum Gasteiger partial charge on any atom is 0.306 e. The number of ether oxygens (including phenoxy) is 1. The van der Waals surface area contributed by atoms with Crippen molar-refractivity contribution in [3.63, 3.8) is 0 Å². The number of nitrogens with zero attached hydrogens (tertiary/aromatic N) is 3. The summed E-state index contributed by atoms with van der Waals surface area (Å²) in [4.78, 5) is 22.9. The van der Waals surface area contributed by atoms with Gasteiger partial charge in [-0.05, 0) is 26.7 Å². The summed E-state index contributed by atoms with van der Waals surface area (Å²) in [6.07, 6.45) is 3.21. The molecule has 134 valence electrons. The molecule has 0 saturated carbocycles. The summed E-state index contributed by atoms with van der Waals surface area (Å²) in [6, 6.07) is 3.13. The zero-order chi connectivity index (χ0) is 17.5. The number of carbonyl (C=O) groups excluding carboxylic acids is 1. The number of esters is 1. The van der Waals surface area contributed by atoms with Crippen molar-refractivity contribution in [2.45, 2.75) is 65.5 Å². The summed E-state index contributed by atoms with van der Waals surface area (Å²) in [5.74, 6) is 1.56. The number of rotatable bonds is 7. The molecular weight excluding hydrogens is 304 g/mol. The number of carbonyl (C=O) groups is 1. The van der Waals surface area contributed by atoms with Crippen LogP contribution in [0.1, 0.15) is 51.6 Å². The Morgan fingerprint density at radius 3 is 2.71 bits per heavy atom. The smallest absolute Gasteiger partial charge is 0.306 e. The summed E-state index contributed by atoms with van der Waals surface area (Å²) < 4.78 is 4.98. The van der Waals surface area contributed by atoms with Crippen LogP contribution < -0.4 is 10.2 Å². The first kappa shape index (κ1) is 18.6. The first-order valence-electron chi connectivity index (χ1n) is 8.99. The van der Waals surface area contributed by atoms with Crippen molar-refractivity contribution in [3.05, 3.63) is 17.6 Å². The molecule has 6 nitrogen and oxygen atoms in total. The average Bonchev–Trinajstić information content (AvgIpc) is 2.53. The molecule has 0 bridgehead atoms. The van der Waals surface area contributed by atoms with E-state index in [1.165, 1.54) is 0 Å². The lowest BCUT2D eigenvalue weighted by atomic mass is 10.0. The van der Waals surface area contributed by atoms with Gasteiger partial charge in [-0.2, -0.15) is 0 Å². The van der Waals surface area contributed by atoms with E-state index in [-0.39, 0.29) is 5.97 Å². The molecule has 6 heteroatoms. The van der Waals surface area contributed by atoms with E-state index in [1.807, 2.05) is 19.9 Å². The minimum atomic E-state index is -0.170. The van der Waals surface area contributed by atoms with Gasteiger partial charge in [0.15, 0.2) is 0 Å². The van der Waals surface area contributed by atoms with Crippen LogP contribution >= 0.6 is 0 Å². The van der Waals surface area contributed by atoms with Gasteiger partial charge >= 0.3 is 5.97 Å². The third-order valence-electron chi connectivity index (χ3n) is 4.16. The molecule has 1 aromatic heterocycles. The highest BCUT2D eigenvalue weighted by Crippen LogP contribution is 2.20. The monoisotopic (exact) mass is 334 g/mol. The van der Waals surface area contributed by atoms with Gasteiger partial charge in [-0.15, -0.1) is 0 Å². The maximum absolute atomic E-state index is 11.5. The number of anilines is 1. The van der Waals surface area contributed by atoms with Crippen molar-refractivity contribution in [3.8, 4) is 0 Å². The highest BCUT2D eigenvalue weighted by molar-refractivity contribution is 5.69. The maximum atomic E-state index is 11.5. The van der Waals surface area contributed by atoms with Gasteiger partial charge in [0.2, 0.25) is 0 Å². The molecule has 0 amide bonds. The lowest BCUT2D eigenvalue weighted by Gasteiger charge is -2.34. The third kappa shape index (κ3) is 5.74. The van der Waals surface area contributed by atoms with E-state index in [9.17, 15) is 4.79 Å². The molecule has 0 aliphatic carbocycles. The van der Waals surface area contributed by atoms with E-state index >= 15 is 0 Å². The highest BCUT2D eigenvalue weighted by Gasteiger charge is 2.21. The predicted octanol–water partition coefficient (Wildman–Crippen LogP) is 2.25. The Hall–Kier alpha value is -1.69. The zero-order valence-electron chi connectivity index (χ0n) is 15.3. The summed E-state index contributed by atoms with van der Waals surface area (Å²) in [6.45, 7) is 10.5. The number of hydrogen-bond acceptors (Lipinski definition) is 6. The van der Waals surface area contributed by atoms with Crippen molar-refractivity contribution in [2.75, 3.05) is 24.6 Å². The molecule has 0 spiro atoms. The van der Waals surface area contributed by atoms with E-state index in [4.69, 9.17) is 4.74 Å². The Bertz CT molecular complexity index is 540. The highest BCUT2D eigenvalue weighted by atomic mass is 16.5. The largest absolute Gasteiger partial charge is 0.466 e. The molecular formula is C18H30N4O2. The van der Waals surface area contributed by atoms with E-state index in [1.54, 1.807) is 0 Å². The van der Waals surface area contributed by atoms with Crippen LogP contribution in [0.2, 0.25) is 0 Å². The van der Waals surface area contributed by atoms with Crippen LogP contribution in [0.4, 0.5) is 5.82 Å². The molecule has 1 saturated heterocycles. The number of aryl methyl sites for hydroxylation is 2. The van der Waals surface area contributed by atoms with Crippen molar-refractivity contribution in [1.29, 1.82) is 0 Å². The first-order chi connectivity index (χ1) is 11.5. The Morgan fingerprint density at radius 2 is 2.08 bits per heavy atom. The molecule has 1 N–H and O–H groups in total. The van der Waals surface area contributed by atoms with Crippen molar-refractivity contribution >= 4 is 11.8 Å². The quantitative estimate of drug-likeness (QED) is 0.772. The van der Waals surface area contributed by atoms with Crippen molar-refractivity contribution in [1.82, 2.24) is 15.3 Å². The average molecular weight is 334 g/mol. The first-order valence-corrected chi connectivity index (χ1v) is 8.99. The fourth-order valence-electron chi connectivity index (χ4n) is 3.11. The third-order valence-corrected chi connectivity index (χ3v) is 4.16. The zero-order valence-corrected chi connectivity index (χ0v) is 15.3. The molecule has 24 heavy (non-hydrogen) atoms. The van der Waals surface area contributed by atoms with E-state index in [0.29, 0.717) is 31.5 Å². The van der Waals surface area contributed by atoms with Gasteiger partial charge in [0.1, 0.15) is 11.6 Å². The van der Waals surface area contributed by atoms with Crippen LogP contribution in [0.3, 0.4) is 0 Å². The Kier molecular flexibility index (Phi) is 6.97. The summed E-state index contributed by atoms with van der Waals surface area (Å²) in [7, 11) is 0. The lowest BCUT2D eigenvalue weighted by Crippen LogP contribution is -2.45. The van der Waals surface area contributed by atoms with Gasteiger partial charge in [0.25, 0.3) is 0 Å². The molecule has 2 heterocycles. The second-order valence-corrected chi connectivity index (χ2v) is 6.65. The standard InChI is InChI=1S/C18H30N4O2/c1-5-24-18(23)7-6-16-12-17(21-14(4)20-16)22-10-8-15(9-11-22)19-13(2)3/h12-13,15,19H,5-11H2,1-4H3. The number of aromatic nitrogens is 2. The Morgan fingerprint density at radius 1 is 1.38 bits per heavy atom. The molecule has 2 rings (SSSR count). The van der Waals surface area contributed by atoms with Gasteiger partial charge in [-0.1, -0.05) is 13.8 Å². The van der Waals surface area contributed by atoms with Crippen LogP contribution in [-0.4, -0.2) is 47.7 Å². The number of hydrogen-bond donors (Lipinski definition) is 1. The lowest BCUT2D eigenvalue weighted by molar-refractivity contribution is -0.143. The van der Waals surface area contributed by atoms with E-state index in [0.717, 1.165) is 43.3 Å². The van der Waals surface area contributed by atoms with Gasteiger partial charge in [-0.3, -0.25) is 4.79 Å². The normalized spacial score (nSPS) is 15.8. The predicted molar refractivity (Wildman–Crippen MR) is 95.2 cm³/mol. The van der Waals surface area contributed by atoms with Gasteiger partial charge in [0.05, 0.1) is 13.0 Å². The molecule has 0 radical (unpaired) electrons. The molecule has 1 aliphatic rings. The van der Waals surface area contributed by atoms with Gasteiger partial charge in [0, 0.05) is 43.4 Å². The van der Waals surface area contributed by atoms with Crippen LogP contribution in [0.5, 0.6) is 0 Å². The Balaban J connectivity index is 1.95. The van der Waals surface area contributed by atoms with Crippen LogP contribution in [-0.2, 0) is 16.0 Å². The number of nitrogens with one attached hydrogen (secondary N) is 1. The minimum absolute atomic E-state index is 0.170. The second kappa shape index (κ2) is 8.97. The van der Waals surface area contributed by atoms with Crippen molar-refractivity contribution in [2.24, 2.45) is 0 Å². The number of piperidine rings is 1. The molecule has 0 unspecified atom stereocenters. The van der Waals surface area contributed by atoms with E-state index in [2.05, 4.69) is 34.0 Å². The molecule has 1 aromatic rings. The summed E-state index contributed by atoms with van der Waals surface area (Å²) in [5, 5.41) is 3.61. The van der Waals surface area contributed by atoms with Gasteiger partial charge in [-0.25, -0.2) is 9.97 Å². The molecule has 1 fully saturated rings. The van der Waals surface area contributed by atoms with Crippen LogP contribution in [0, 0.1) is 6.92 Å². The topological polar surface area (TPSA) is 67.3 Å². The van der Waals surface area contributed by atoms with Crippen LogP contribution in [0.25, 0.3) is 0 Å². The minimum Gasteiger partial charge on any atom is -0.466 e. The summed E-state index contributed by atoms with van der Waals surface area (Å²) >= 11 is 0. The Labute approximate surface area is 145 Å². The SMILES string of the molecule is CCOC(=O)CCc1cc(N2CCC(NC(C)C)CC2)nc(C)n1. The second-order valence-electron chi connectivity index (χ2n) is 6.65. The molecule has 0 aromatic carbocycles. The van der Waals surface area contributed by atoms with Crippen LogP contribution in [0.15, 0.2) is 6.07 Å². The van der Waals surface area contributed by atoms with E-state index < -0.39 is 0 Å².